The van der Waals surface area contributed by atoms with E-state index in [9.17, 15) is 9.90 Å². The molecule has 3 nitrogen and oxygen atoms in total. The van der Waals surface area contributed by atoms with Crippen LogP contribution >= 0.6 is 0 Å². The van der Waals surface area contributed by atoms with E-state index in [0.717, 1.165) is 11.3 Å². The highest BCUT2D eigenvalue weighted by Gasteiger charge is 2.16. The number of carbonyl (C=O) groups is 1. The number of nitrogens with zero attached hydrogens (tertiary/aromatic N) is 1. The Morgan fingerprint density at radius 2 is 1.95 bits per heavy atom. The first kappa shape index (κ1) is 13.1. The first-order valence-electron chi connectivity index (χ1n) is 6.34. The molecule has 0 saturated carbocycles. The Hall–Kier alpha value is -2.29. The second kappa shape index (κ2) is 6.05. The Balaban J connectivity index is 2.30. The summed E-state index contributed by atoms with van der Waals surface area (Å²) in [5, 5.41) is 9.27. The maximum absolute atomic E-state index is 11.3. The van der Waals surface area contributed by atoms with Crippen LogP contribution in [0.3, 0.4) is 0 Å². The van der Waals surface area contributed by atoms with Crippen LogP contribution in [0.4, 0.5) is 0 Å². The van der Waals surface area contributed by atoms with Crippen molar-refractivity contribution in [2.45, 2.75) is 19.9 Å². The Morgan fingerprint density at radius 3 is 2.58 bits per heavy atom. The second-order valence-corrected chi connectivity index (χ2v) is 4.34. The second-order valence-electron chi connectivity index (χ2n) is 4.34. The van der Waals surface area contributed by atoms with Crippen molar-refractivity contribution in [3.8, 4) is 0 Å². The molecule has 0 saturated heterocycles. The van der Waals surface area contributed by atoms with Crippen LogP contribution in [0.15, 0.2) is 66.0 Å². The van der Waals surface area contributed by atoms with Gasteiger partial charge in [0.25, 0.3) is 0 Å². The largest absolute Gasteiger partial charge is 0.478 e. The first-order chi connectivity index (χ1) is 9.22. The lowest BCUT2D eigenvalue weighted by Crippen LogP contribution is -2.20. The van der Waals surface area contributed by atoms with E-state index >= 15 is 0 Å². The third-order valence-corrected chi connectivity index (χ3v) is 3.06. The van der Waals surface area contributed by atoms with Gasteiger partial charge >= 0.3 is 5.97 Å². The summed E-state index contributed by atoms with van der Waals surface area (Å²) in [6, 6.07) is 10.0. The monoisotopic (exact) mass is 255 g/mol. The zero-order valence-corrected chi connectivity index (χ0v) is 10.9. The van der Waals surface area contributed by atoms with Gasteiger partial charge in [0.2, 0.25) is 0 Å². The molecule has 0 bridgehead atoms. The van der Waals surface area contributed by atoms with Crippen molar-refractivity contribution in [3.63, 3.8) is 0 Å². The molecule has 0 spiro atoms. The predicted molar refractivity (Wildman–Crippen MR) is 75.2 cm³/mol. The third-order valence-electron chi connectivity index (χ3n) is 3.06. The first-order valence-corrected chi connectivity index (χ1v) is 6.34. The fourth-order valence-electron chi connectivity index (χ4n) is 2.11. The van der Waals surface area contributed by atoms with E-state index in [1.54, 1.807) is 0 Å². The molecule has 3 heteroatoms. The minimum absolute atomic E-state index is 0.441. The molecule has 98 valence electrons. The molecule has 2 rings (SSSR count). The number of aliphatic carboxylic acids is 1. The Morgan fingerprint density at radius 1 is 1.21 bits per heavy atom. The van der Waals surface area contributed by atoms with Gasteiger partial charge in [-0.1, -0.05) is 43.3 Å². The Kier molecular flexibility index (Phi) is 4.18. The van der Waals surface area contributed by atoms with Crippen LogP contribution < -0.4 is 0 Å². The zero-order chi connectivity index (χ0) is 13.7. The standard InChI is InChI=1S/C16H17NO2/c1-2-14(16(18)19)15-10-6-7-11-17(15)12-13-8-4-3-5-9-13/h3-11H,2,12H2,1H3,(H,18,19). The summed E-state index contributed by atoms with van der Waals surface area (Å²) in [6.07, 6.45) is 8.07. The molecule has 1 aliphatic heterocycles. The number of carboxylic acids is 1. The molecule has 0 aromatic heterocycles. The Labute approximate surface area is 113 Å². The SMILES string of the molecule is CCC(C(=O)O)=C1C=CC=CN1Cc1ccccc1. The molecule has 1 N–H and O–H groups in total. The van der Waals surface area contributed by atoms with Crippen LogP contribution in [-0.4, -0.2) is 16.0 Å². The fraction of sp³-hybridized carbons (Fsp3) is 0.188. The van der Waals surface area contributed by atoms with E-state index in [-0.39, 0.29) is 0 Å². The highest BCUT2D eigenvalue weighted by atomic mass is 16.4. The lowest BCUT2D eigenvalue weighted by molar-refractivity contribution is -0.132. The Bertz CT molecular complexity index is 541. The van der Waals surface area contributed by atoms with Gasteiger partial charge in [-0.3, -0.25) is 0 Å². The van der Waals surface area contributed by atoms with Crippen LogP contribution in [0.25, 0.3) is 0 Å². The summed E-state index contributed by atoms with van der Waals surface area (Å²) in [5.74, 6) is -0.851. The van der Waals surface area contributed by atoms with Crippen LogP contribution in [0.5, 0.6) is 0 Å². The van der Waals surface area contributed by atoms with E-state index in [1.165, 1.54) is 0 Å². The molecule has 0 fully saturated rings. The molecule has 1 heterocycles. The summed E-state index contributed by atoms with van der Waals surface area (Å²) in [6.45, 7) is 2.54. The number of hydrogen-bond acceptors (Lipinski definition) is 2. The van der Waals surface area contributed by atoms with Crippen molar-refractivity contribution in [3.05, 3.63) is 71.6 Å². The maximum Gasteiger partial charge on any atom is 0.333 e. The van der Waals surface area contributed by atoms with Crippen molar-refractivity contribution < 1.29 is 9.90 Å². The molecule has 1 aromatic rings. The minimum Gasteiger partial charge on any atom is -0.478 e. The van der Waals surface area contributed by atoms with Crippen molar-refractivity contribution in [2.75, 3.05) is 0 Å². The molecular weight excluding hydrogens is 238 g/mol. The average Bonchev–Trinajstić information content (AvgIpc) is 2.42. The number of carboxylic acid groups (broad SMARTS) is 1. The zero-order valence-electron chi connectivity index (χ0n) is 10.9. The van der Waals surface area contributed by atoms with E-state index in [0.29, 0.717) is 18.5 Å². The summed E-state index contributed by atoms with van der Waals surface area (Å²) < 4.78 is 0. The summed E-state index contributed by atoms with van der Waals surface area (Å²) in [4.78, 5) is 13.3. The number of rotatable bonds is 4. The minimum atomic E-state index is -0.851. The number of hydrogen-bond donors (Lipinski definition) is 1. The molecule has 0 amide bonds. The van der Waals surface area contributed by atoms with Gasteiger partial charge in [-0.05, 0) is 24.1 Å². The van der Waals surface area contributed by atoms with Crippen LogP contribution in [0, 0.1) is 0 Å². The summed E-state index contributed by atoms with van der Waals surface area (Å²) in [7, 11) is 0. The molecule has 0 aliphatic carbocycles. The van der Waals surface area contributed by atoms with Crippen LogP contribution in [-0.2, 0) is 11.3 Å². The summed E-state index contributed by atoms with van der Waals surface area (Å²) in [5.41, 5.74) is 2.36. The molecule has 0 unspecified atom stereocenters. The number of benzene rings is 1. The van der Waals surface area contributed by atoms with Gasteiger partial charge in [-0.15, -0.1) is 0 Å². The van der Waals surface area contributed by atoms with E-state index in [2.05, 4.69) is 0 Å². The van der Waals surface area contributed by atoms with Gasteiger partial charge in [-0.25, -0.2) is 4.79 Å². The van der Waals surface area contributed by atoms with Crippen molar-refractivity contribution in [1.29, 1.82) is 0 Å². The highest BCUT2D eigenvalue weighted by molar-refractivity contribution is 5.88. The smallest absolute Gasteiger partial charge is 0.333 e. The molecule has 1 aliphatic rings. The van der Waals surface area contributed by atoms with Gasteiger partial charge in [-0.2, -0.15) is 0 Å². The van der Waals surface area contributed by atoms with E-state index in [1.807, 2.05) is 66.6 Å². The van der Waals surface area contributed by atoms with Crippen LogP contribution in [0.2, 0.25) is 0 Å². The highest BCUT2D eigenvalue weighted by Crippen LogP contribution is 2.21. The van der Waals surface area contributed by atoms with E-state index in [4.69, 9.17) is 0 Å². The maximum atomic E-state index is 11.3. The fourth-order valence-corrected chi connectivity index (χ4v) is 2.11. The molecule has 0 atom stereocenters. The normalized spacial score (nSPS) is 16.6. The van der Waals surface area contributed by atoms with Crippen LogP contribution in [0.1, 0.15) is 18.9 Å². The topological polar surface area (TPSA) is 40.5 Å². The lowest BCUT2D eigenvalue weighted by atomic mass is 10.1. The van der Waals surface area contributed by atoms with Gasteiger partial charge in [0, 0.05) is 12.7 Å². The molecule has 19 heavy (non-hydrogen) atoms. The molecular formula is C16H17NO2. The van der Waals surface area contributed by atoms with Gasteiger partial charge < -0.3 is 10.0 Å². The molecule has 0 radical (unpaired) electrons. The van der Waals surface area contributed by atoms with Crippen molar-refractivity contribution in [2.24, 2.45) is 0 Å². The number of allylic oxidation sites excluding steroid dienone is 3. The van der Waals surface area contributed by atoms with Gasteiger partial charge in [0.1, 0.15) is 0 Å². The molecule has 1 aromatic carbocycles. The van der Waals surface area contributed by atoms with Crippen molar-refractivity contribution >= 4 is 5.97 Å². The van der Waals surface area contributed by atoms with Crippen molar-refractivity contribution in [1.82, 2.24) is 4.90 Å². The summed E-state index contributed by atoms with van der Waals surface area (Å²) >= 11 is 0. The lowest BCUT2D eigenvalue weighted by Gasteiger charge is -2.25. The van der Waals surface area contributed by atoms with E-state index < -0.39 is 5.97 Å². The van der Waals surface area contributed by atoms with Gasteiger partial charge in [0.05, 0.1) is 11.3 Å². The third kappa shape index (κ3) is 3.13. The quantitative estimate of drug-likeness (QED) is 0.839. The predicted octanol–water partition coefficient (Wildman–Crippen LogP) is 3.32. The van der Waals surface area contributed by atoms with Gasteiger partial charge in [0.15, 0.2) is 0 Å². The average molecular weight is 255 g/mol.